The summed E-state index contributed by atoms with van der Waals surface area (Å²) in [4.78, 5) is 11.6. The molecule has 0 aromatic heterocycles. The number of allylic oxidation sites excluding steroid dienone is 1. The molecule has 0 radical (unpaired) electrons. The average molecular weight is 369 g/mol. The molecule has 3 aliphatic carbocycles. The third kappa shape index (κ3) is 4.31. The molecular weight excluding hydrogens is 332 g/mol. The minimum Gasteiger partial charge on any atom is -0.478 e. The van der Waals surface area contributed by atoms with Gasteiger partial charge in [-0.2, -0.15) is 0 Å². The maximum atomic E-state index is 11.6. The second-order valence-corrected chi connectivity index (χ2v) is 9.03. The molecule has 4 rings (SSSR count). The first-order chi connectivity index (χ1) is 13.0. The van der Waals surface area contributed by atoms with Gasteiger partial charge in [0.25, 0.3) is 0 Å². The number of fused-ring (bicyclic) bond motifs is 3. The molecule has 27 heavy (non-hydrogen) atoms. The maximum Gasteiger partial charge on any atom is 0.335 e. The fourth-order valence-electron chi connectivity index (χ4n) is 5.44. The molecule has 2 nitrogen and oxygen atoms in total. The SMILES string of the molecule is CCCC=C(C(=O)O)c1ccc(C23CCC(CCCCC)(CC2)CC3)cc1. The minimum absolute atomic E-state index is 0.349. The van der Waals surface area contributed by atoms with E-state index in [1.54, 1.807) is 0 Å². The molecular formula is C25H36O2. The maximum absolute atomic E-state index is 11.6. The second kappa shape index (κ2) is 8.63. The average Bonchev–Trinajstić information content (AvgIpc) is 2.70. The van der Waals surface area contributed by atoms with E-state index in [-0.39, 0.29) is 0 Å². The van der Waals surface area contributed by atoms with Crippen LogP contribution in [0.4, 0.5) is 0 Å². The highest BCUT2D eigenvalue weighted by Gasteiger charge is 2.48. The van der Waals surface area contributed by atoms with Gasteiger partial charge in [0.05, 0.1) is 5.57 Å². The zero-order valence-electron chi connectivity index (χ0n) is 17.2. The quantitative estimate of drug-likeness (QED) is 0.372. The van der Waals surface area contributed by atoms with Crippen molar-refractivity contribution in [3.8, 4) is 0 Å². The van der Waals surface area contributed by atoms with Gasteiger partial charge in [0.15, 0.2) is 0 Å². The van der Waals surface area contributed by atoms with Crippen LogP contribution in [0.5, 0.6) is 0 Å². The number of hydrogen-bond donors (Lipinski definition) is 1. The Bertz CT molecular complexity index is 644. The zero-order valence-corrected chi connectivity index (χ0v) is 17.2. The van der Waals surface area contributed by atoms with Crippen molar-refractivity contribution in [2.75, 3.05) is 0 Å². The lowest BCUT2D eigenvalue weighted by atomic mass is 9.51. The Labute approximate surface area is 165 Å². The molecule has 3 fully saturated rings. The zero-order chi connectivity index (χ0) is 19.3. The third-order valence-electron chi connectivity index (χ3n) is 7.39. The molecule has 0 spiro atoms. The van der Waals surface area contributed by atoms with Gasteiger partial charge in [0.1, 0.15) is 0 Å². The summed E-state index contributed by atoms with van der Waals surface area (Å²) < 4.78 is 0. The van der Waals surface area contributed by atoms with Crippen molar-refractivity contribution in [1.82, 2.24) is 0 Å². The molecule has 1 aromatic carbocycles. The fourth-order valence-corrected chi connectivity index (χ4v) is 5.44. The number of unbranched alkanes of at least 4 members (excludes halogenated alkanes) is 3. The van der Waals surface area contributed by atoms with E-state index in [2.05, 4.69) is 26.0 Å². The summed E-state index contributed by atoms with van der Waals surface area (Å²) in [7, 11) is 0. The predicted octanol–water partition coefficient (Wildman–Crippen LogP) is 7.13. The number of carboxylic acid groups (broad SMARTS) is 1. The summed E-state index contributed by atoms with van der Waals surface area (Å²) in [5.74, 6) is -0.818. The van der Waals surface area contributed by atoms with Crippen molar-refractivity contribution in [2.24, 2.45) is 5.41 Å². The van der Waals surface area contributed by atoms with Gasteiger partial charge in [-0.1, -0.05) is 69.9 Å². The van der Waals surface area contributed by atoms with Crippen LogP contribution in [0.15, 0.2) is 30.3 Å². The van der Waals surface area contributed by atoms with Crippen LogP contribution in [0.3, 0.4) is 0 Å². The van der Waals surface area contributed by atoms with Gasteiger partial charge in [-0.3, -0.25) is 0 Å². The summed E-state index contributed by atoms with van der Waals surface area (Å²) in [6, 6.07) is 8.51. The van der Waals surface area contributed by atoms with Gasteiger partial charge in [-0.15, -0.1) is 0 Å². The smallest absolute Gasteiger partial charge is 0.335 e. The predicted molar refractivity (Wildman–Crippen MR) is 113 cm³/mol. The molecule has 2 heteroatoms. The molecule has 0 aliphatic heterocycles. The first-order valence-electron chi connectivity index (χ1n) is 11.1. The Morgan fingerprint density at radius 3 is 2.11 bits per heavy atom. The number of carbonyl (C=O) groups is 1. The molecule has 0 unspecified atom stereocenters. The minimum atomic E-state index is -0.818. The number of aliphatic carboxylic acids is 1. The molecule has 148 valence electrons. The van der Waals surface area contributed by atoms with E-state index in [1.807, 2.05) is 18.2 Å². The van der Waals surface area contributed by atoms with E-state index in [1.165, 1.54) is 69.8 Å². The fraction of sp³-hybridized carbons (Fsp3) is 0.640. The van der Waals surface area contributed by atoms with Crippen molar-refractivity contribution >= 4 is 11.5 Å². The standard InChI is InChI=1S/C25H36O2/c1-3-5-7-13-24-14-17-25(18-15-24,19-16-24)21-11-9-20(10-12-21)22(23(26)27)8-6-4-2/h8-12H,3-7,13-19H2,1-2H3,(H,26,27). The van der Waals surface area contributed by atoms with Crippen LogP contribution in [-0.2, 0) is 10.2 Å². The highest BCUT2D eigenvalue weighted by molar-refractivity contribution is 6.15. The lowest BCUT2D eigenvalue weighted by Gasteiger charge is -2.54. The van der Waals surface area contributed by atoms with E-state index in [0.717, 1.165) is 18.4 Å². The van der Waals surface area contributed by atoms with E-state index in [4.69, 9.17) is 0 Å². The van der Waals surface area contributed by atoms with Gasteiger partial charge in [-0.05, 0) is 73.3 Å². The summed E-state index contributed by atoms with van der Waals surface area (Å²) >= 11 is 0. The number of rotatable bonds is 9. The lowest BCUT2D eigenvalue weighted by Crippen LogP contribution is -2.44. The van der Waals surface area contributed by atoms with E-state index in [0.29, 0.717) is 16.4 Å². The Balaban J connectivity index is 1.71. The second-order valence-electron chi connectivity index (χ2n) is 9.03. The molecule has 0 amide bonds. The molecule has 1 N–H and O–H groups in total. The molecule has 0 atom stereocenters. The van der Waals surface area contributed by atoms with Crippen molar-refractivity contribution in [2.45, 2.75) is 96.3 Å². The third-order valence-corrected chi connectivity index (χ3v) is 7.39. The summed E-state index contributed by atoms with van der Waals surface area (Å²) in [6.45, 7) is 4.37. The largest absolute Gasteiger partial charge is 0.478 e. The van der Waals surface area contributed by atoms with Crippen LogP contribution in [0, 0.1) is 5.41 Å². The molecule has 0 saturated heterocycles. The number of carboxylic acids is 1. The van der Waals surface area contributed by atoms with Crippen LogP contribution in [-0.4, -0.2) is 11.1 Å². The molecule has 3 saturated carbocycles. The van der Waals surface area contributed by atoms with Crippen LogP contribution in [0.25, 0.3) is 5.57 Å². The van der Waals surface area contributed by atoms with Gasteiger partial charge in [0.2, 0.25) is 0 Å². The number of hydrogen-bond acceptors (Lipinski definition) is 1. The summed E-state index contributed by atoms with van der Waals surface area (Å²) in [6.07, 6.45) is 17.3. The van der Waals surface area contributed by atoms with E-state index in [9.17, 15) is 9.90 Å². The number of benzene rings is 1. The van der Waals surface area contributed by atoms with Crippen LogP contribution >= 0.6 is 0 Å². The van der Waals surface area contributed by atoms with E-state index >= 15 is 0 Å². The van der Waals surface area contributed by atoms with Crippen LogP contribution in [0.1, 0.15) is 102 Å². The van der Waals surface area contributed by atoms with E-state index < -0.39 is 5.97 Å². The topological polar surface area (TPSA) is 37.3 Å². The summed E-state index contributed by atoms with van der Waals surface area (Å²) in [5, 5.41) is 9.52. The Morgan fingerprint density at radius 2 is 1.59 bits per heavy atom. The van der Waals surface area contributed by atoms with Crippen molar-refractivity contribution in [3.63, 3.8) is 0 Å². The van der Waals surface area contributed by atoms with Gasteiger partial charge >= 0.3 is 5.97 Å². The highest BCUT2D eigenvalue weighted by atomic mass is 16.4. The normalized spacial score (nSPS) is 27.7. The Hall–Kier alpha value is -1.57. The first kappa shape index (κ1) is 20.2. The molecule has 1 aromatic rings. The van der Waals surface area contributed by atoms with Crippen molar-refractivity contribution < 1.29 is 9.90 Å². The van der Waals surface area contributed by atoms with Gasteiger partial charge in [0, 0.05) is 0 Å². The van der Waals surface area contributed by atoms with Gasteiger partial charge < -0.3 is 5.11 Å². The van der Waals surface area contributed by atoms with Crippen LogP contribution in [0.2, 0.25) is 0 Å². The monoisotopic (exact) mass is 368 g/mol. The summed E-state index contributed by atoms with van der Waals surface area (Å²) in [5.41, 5.74) is 3.71. The Kier molecular flexibility index (Phi) is 6.44. The van der Waals surface area contributed by atoms with Gasteiger partial charge in [-0.25, -0.2) is 4.79 Å². The Morgan fingerprint density at radius 1 is 0.963 bits per heavy atom. The van der Waals surface area contributed by atoms with Crippen molar-refractivity contribution in [1.29, 1.82) is 0 Å². The lowest BCUT2D eigenvalue weighted by molar-refractivity contribution is -0.130. The molecule has 0 heterocycles. The molecule has 3 aliphatic rings. The van der Waals surface area contributed by atoms with Crippen molar-refractivity contribution in [3.05, 3.63) is 41.5 Å². The molecule has 2 bridgehead atoms. The highest BCUT2D eigenvalue weighted by Crippen LogP contribution is 2.59. The first-order valence-corrected chi connectivity index (χ1v) is 11.1. The van der Waals surface area contributed by atoms with Crippen LogP contribution < -0.4 is 0 Å².